The van der Waals surface area contributed by atoms with Crippen LogP contribution in [-0.2, 0) is 18.2 Å². The molecular weight excluding hydrogens is 327 g/mol. The molecule has 18 heavy (non-hydrogen) atoms. The molecule has 0 saturated carbocycles. The molecule has 0 aliphatic heterocycles. The molecule has 0 aromatic rings. The van der Waals surface area contributed by atoms with Gasteiger partial charge in [-0.3, -0.25) is 0 Å². The normalized spacial score (nSPS) is 13.7. The summed E-state index contributed by atoms with van der Waals surface area (Å²) in [6.45, 7) is 0. The predicted molar refractivity (Wildman–Crippen MR) is 68.3 cm³/mol. The number of Topliss-reactive ketones (excluding diaryl/α,β-unsaturated/α-hetero) is 1. The third kappa shape index (κ3) is 7.67. The summed E-state index contributed by atoms with van der Waals surface area (Å²) in [5.74, 6) is -1.73. The number of ketones is 1. The molecule has 0 radical (unpaired) electrons. The zero-order valence-electron chi connectivity index (χ0n) is 9.57. The average Bonchev–Trinajstić information content (AvgIpc) is 2.34. The van der Waals surface area contributed by atoms with Crippen molar-refractivity contribution < 1.29 is 23.3 Å². The van der Waals surface area contributed by atoms with E-state index in [9.17, 15) is 14.4 Å². The van der Waals surface area contributed by atoms with Crippen LogP contribution >= 0.6 is 12.6 Å². The van der Waals surface area contributed by atoms with Gasteiger partial charge in [0.25, 0.3) is 0 Å². The third-order valence-corrected chi connectivity index (χ3v) is 3.82. The Morgan fingerprint density at radius 3 is 2.39 bits per heavy atom. The number of nitrogens with two attached hydrogens (primary N) is 2. The Morgan fingerprint density at radius 1 is 1.28 bits per heavy atom. The first-order valence-electron chi connectivity index (χ1n) is 5.08. The fourth-order valence-electron chi connectivity index (χ4n) is 0.802. The van der Waals surface area contributed by atoms with Crippen molar-refractivity contribution in [3.8, 4) is 0 Å². The Bertz CT molecular complexity index is 315. The van der Waals surface area contributed by atoms with Gasteiger partial charge in [0.05, 0.1) is 0 Å². The molecule has 7 nitrogen and oxygen atoms in total. The SMILES string of the molecule is N[C@@H](CCC(=O)C[Se]OC(=O)[C@@H](N)CS)C(=O)O. The van der Waals surface area contributed by atoms with Crippen LogP contribution in [0.25, 0.3) is 0 Å². The van der Waals surface area contributed by atoms with Gasteiger partial charge in [-0.2, -0.15) is 0 Å². The van der Waals surface area contributed by atoms with Gasteiger partial charge in [-0.15, -0.1) is 0 Å². The van der Waals surface area contributed by atoms with Gasteiger partial charge < -0.3 is 0 Å². The van der Waals surface area contributed by atoms with E-state index in [0.29, 0.717) is 0 Å². The predicted octanol–water partition coefficient (Wildman–Crippen LogP) is -1.41. The molecule has 0 aromatic heterocycles. The first-order chi connectivity index (χ1) is 8.38. The van der Waals surface area contributed by atoms with Crippen LogP contribution in [0.4, 0.5) is 0 Å². The number of carboxylic acids is 1. The van der Waals surface area contributed by atoms with Crippen molar-refractivity contribution >= 4 is 45.6 Å². The van der Waals surface area contributed by atoms with Crippen LogP contribution in [0.15, 0.2) is 0 Å². The first kappa shape index (κ1) is 17.4. The zero-order chi connectivity index (χ0) is 14.1. The summed E-state index contributed by atoms with van der Waals surface area (Å²) in [4.78, 5) is 32.8. The molecule has 2 atom stereocenters. The van der Waals surface area contributed by atoms with Gasteiger partial charge in [0.2, 0.25) is 0 Å². The second-order valence-electron chi connectivity index (χ2n) is 3.48. The first-order valence-corrected chi connectivity index (χ1v) is 7.62. The van der Waals surface area contributed by atoms with Crippen LogP contribution in [0.5, 0.6) is 0 Å². The fourth-order valence-corrected chi connectivity index (χ4v) is 2.16. The van der Waals surface area contributed by atoms with E-state index in [1.54, 1.807) is 0 Å². The van der Waals surface area contributed by atoms with Gasteiger partial charge >= 0.3 is 116 Å². The van der Waals surface area contributed by atoms with Crippen molar-refractivity contribution in [3.63, 3.8) is 0 Å². The molecule has 5 N–H and O–H groups in total. The summed E-state index contributed by atoms with van der Waals surface area (Å²) in [7, 11) is 0. The number of thiol groups is 1. The van der Waals surface area contributed by atoms with E-state index in [0.717, 1.165) is 0 Å². The fraction of sp³-hybridized carbons (Fsp3) is 0.667. The number of carboxylic acid groups (broad SMARTS) is 1. The maximum atomic E-state index is 11.3. The average molecular weight is 343 g/mol. The van der Waals surface area contributed by atoms with Crippen LogP contribution in [0.2, 0.25) is 5.32 Å². The third-order valence-electron chi connectivity index (χ3n) is 1.91. The van der Waals surface area contributed by atoms with Crippen LogP contribution < -0.4 is 11.5 Å². The Kier molecular flexibility index (Phi) is 9.03. The molecule has 9 heteroatoms. The van der Waals surface area contributed by atoms with Crippen molar-refractivity contribution in [1.29, 1.82) is 0 Å². The van der Waals surface area contributed by atoms with E-state index in [1.165, 1.54) is 0 Å². The summed E-state index contributed by atoms with van der Waals surface area (Å²) in [6, 6.07) is -1.83. The standard InChI is InChI=1S/C9H16N2O5SSe/c10-6(8(13)14)2-1-5(12)4-18-16-9(15)7(11)3-17/h6-7,17H,1-4,10-11H2,(H,13,14)/t6-,7-/m0/s1. The van der Waals surface area contributed by atoms with E-state index in [4.69, 9.17) is 20.4 Å². The van der Waals surface area contributed by atoms with Gasteiger partial charge in [0.15, 0.2) is 0 Å². The minimum atomic E-state index is -1.14. The Hall–Kier alpha value is -0.601. The molecule has 0 saturated heterocycles. The number of carbonyl (C=O) groups excluding carboxylic acids is 2. The second-order valence-corrected chi connectivity index (χ2v) is 5.29. The Labute approximate surface area is 116 Å². The number of hydrogen-bond acceptors (Lipinski definition) is 7. The number of aliphatic carboxylic acids is 1. The van der Waals surface area contributed by atoms with E-state index >= 15 is 0 Å². The molecule has 0 aliphatic carbocycles. The van der Waals surface area contributed by atoms with Crippen molar-refractivity contribution in [2.45, 2.75) is 30.2 Å². The van der Waals surface area contributed by atoms with Gasteiger partial charge in [0, 0.05) is 0 Å². The molecule has 0 aromatic carbocycles. The van der Waals surface area contributed by atoms with Crippen molar-refractivity contribution in [2.75, 3.05) is 5.75 Å². The molecule has 0 fully saturated rings. The summed E-state index contributed by atoms with van der Waals surface area (Å²) in [6.07, 6.45) is 0.139. The monoisotopic (exact) mass is 344 g/mol. The molecule has 0 aliphatic rings. The van der Waals surface area contributed by atoms with E-state index in [1.807, 2.05) is 0 Å². The Morgan fingerprint density at radius 2 is 1.89 bits per heavy atom. The molecule has 0 amide bonds. The maximum absolute atomic E-state index is 11.3. The van der Waals surface area contributed by atoms with Gasteiger partial charge in [-0.1, -0.05) is 0 Å². The quantitative estimate of drug-likeness (QED) is 0.298. The number of carbonyl (C=O) groups is 3. The molecule has 0 bridgehead atoms. The second kappa shape index (κ2) is 9.35. The summed E-state index contributed by atoms with van der Waals surface area (Å²) in [5.41, 5.74) is 10.6. The minimum absolute atomic E-state index is 0.0609. The summed E-state index contributed by atoms with van der Waals surface area (Å²) < 4.78 is 4.80. The molecule has 0 heterocycles. The molecule has 0 unspecified atom stereocenters. The number of hydrogen-bond donors (Lipinski definition) is 4. The molecular formula is C9H16N2O5SSe. The van der Waals surface area contributed by atoms with Crippen LogP contribution in [0, 0.1) is 0 Å². The van der Waals surface area contributed by atoms with Gasteiger partial charge in [-0.05, 0) is 0 Å². The van der Waals surface area contributed by atoms with E-state index in [2.05, 4.69) is 12.6 Å². The van der Waals surface area contributed by atoms with Crippen LogP contribution in [0.3, 0.4) is 0 Å². The Balaban J connectivity index is 3.72. The molecule has 104 valence electrons. The van der Waals surface area contributed by atoms with Crippen LogP contribution in [-0.4, -0.2) is 56.0 Å². The summed E-state index contributed by atoms with van der Waals surface area (Å²) in [5, 5.41) is 8.60. The van der Waals surface area contributed by atoms with Crippen molar-refractivity contribution in [1.82, 2.24) is 0 Å². The van der Waals surface area contributed by atoms with E-state index < -0.39 is 39.3 Å². The van der Waals surface area contributed by atoms with Gasteiger partial charge in [0.1, 0.15) is 0 Å². The molecule has 0 spiro atoms. The number of rotatable bonds is 9. The topological polar surface area (TPSA) is 133 Å². The van der Waals surface area contributed by atoms with Crippen molar-refractivity contribution in [3.05, 3.63) is 0 Å². The van der Waals surface area contributed by atoms with Crippen molar-refractivity contribution in [2.24, 2.45) is 11.5 Å². The van der Waals surface area contributed by atoms with Crippen LogP contribution in [0.1, 0.15) is 12.8 Å². The zero-order valence-corrected chi connectivity index (χ0v) is 12.2. The van der Waals surface area contributed by atoms with Gasteiger partial charge in [-0.25, -0.2) is 0 Å². The van der Waals surface area contributed by atoms with E-state index in [-0.39, 0.29) is 29.7 Å². The summed E-state index contributed by atoms with van der Waals surface area (Å²) >= 11 is 3.21. The molecule has 0 rings (SSSR count).